The lowest BCUT2D eigenvalue weighted by Gasteiger charge is -2.26. The molecule has 0 unspecified atom stereocenters. The molecular formula is C7H12F3NO. The minimum atomic E-state index is -4.31. The third-order valence-corrected chi connectivity index (χ3v) is 1.38. The summed E-state index contributed by atoms with van der Waals surface area (Å²) in [6.07, 6.45) is -4.31. The maximum Gasteiger partial charge on any atom is 0.406 e. The first kappa shape index (κ1) is 11.3. The van der Waals surface area contributed by atoms with Crippen molar-refractivity contribution >= 4 is 5.91 Å². The summed E-state index contributed by atoms with van der Waals surface area (Å²) >= 11 is 0. The van der Waals surface area contributed by atoms with Gasteiger partial charge >= 0.3 is 6.18 Å². The number of hydrogen-bond donors (Lipinski definition) is 0. The maximum atomic E-state index is 11.8. The fourth-order valence-electron chi connectivity index (χ4n) is 0.851. The van der Waals surface area contributed by atoms with Gasteiger partial charge in [-0.25, -0.2) is 0 Å². The van der Waals surface area contributed by atoms with Crippen molar-refractivity contribution in [3.8, 4) is 0 Å². The van der Waals surface area contributed by atoms with Gasteiger partial charge in [-0.2, -0.15) is 13.2 Å². The van der Waals surface area contributed by atoms with Crippen molar-refractivity contribution in [1.82, 2.24) is 4.90 Å². The summed E-state index contributed by atoms with van der Waals surface area (Å²) in [6, 6.07) is -0.413. The van der Waals surface area contributed by atoms with Crippen LogP contribution >= 0.6 is 0 Å². The normalized spacial score (nSPS) is 11.9. The van der Waals surface area contributed by atoms with Crippen LogP contribution in [0.25, 0.3) is 0 Å². The highest BCUT2D eigenvalue weighted by Crippen LogP contribution is 2.17. The van der Waals surface area contributed by atoms with Crippen molar-refractivity contribution < 1.29 is 18.0 Å². The Morgan fingerprint density at radius 3 is 1.92 bits per heavy atom. The average Bonchev–Trinajstić information content (AvgIpc) is 1.79. The van der Waals surface area contributed by atoms with Gasteiger partial charge in [-0.15, -0.1) is 0 Å². The minimum Gasteiger partial charge on any atom is -0.331 e. The Balaban J connectivity index is 4.25. The van der Waals surface area contributed by atoms with E-state index in [1.54, 1.807) is 13.8 Å². The van der Waals surface area contributed by atoms with E-state index < -0.39 is 24.7 Å². The lowest BCUT2D eigenvalue weighted by atomic mass is 10.3. The van der Waals surface area contributed by atoms with Crippen molar-refractivity contribution in [2.45, 2.75) is 33.0 Å². The van der Waals surface area contributed by atoms with Crippen molar-refractivity contribution in [2.75, 3.05) is 6.54 Å². The molecule has 0 spiro atoms. The van der Waals surface area contributed by atoms with E-state index in [9.17, 15) is 18.0 Å². The van der Waals surface area contributed by atoms with Crippen molar-refractivity contribution in [3.63, 3.8) is 0 Å². The molecule has 12 heavy (non-hydrogen) atoms. The van der Waals surface area contributed by atoms with Crippen LogP contribution in [0.15, 0.2) is 0 Å². The van der Waals surface area contributed by atoms with E-state index in [1.807, 2.05) is 0 Å². The van der Waals surface area contributed by atoms with Gasteiger partial charge in [0.05, 0.1) is 0 Å². The van der Waals surface area contributed by atoms with Crippen molar-refractivity contribution in [3.05, 3.63) is 0 Å². The van der Waals surface area contributed by atoms with E-state index >= 15 is 0 Å². The molecule has 0 aromatic rings. The molecule has 0 atom stereocenters. The highest BCUT2D eigenvalue weighted by molar-refractivity contribution is 5.73. The molecule has 0 aromatic heterocycles. The number of hydrogen-bond acceptors (Lipinski definition) is 1. The second-order valence-electron chi connectivity index (χ2n) is 2.86. The summed E-state index contributed by atoms with van der Waals surface area (Å²) in [5.41, 5.74) is 0. The Morgan fingerprint density at radius 2 is 1.83 bits per heavy atom. The first-order valence-corrected chi connectivity index (χ1v) is 3.58. The molecule has 1 amide bonds. The standard InChI is InChI=1S/C7H12F3NO/c1-5(2)11(6(3)12)4-7(8,9)10/h5H,4H2,1-3H3. The van der Waals surface area contributed by atoms with Gasteiger partial charge in [0.2, 0.25) is 5.91 Å². The van der Waals surface area contributed by atoms with E-state index in [1.165, 1.54) is 0 Å². The summed E-state index contributed by atoms with van der Waals surface area (Å²) in [5, 5.41) is 0. The molecule has 0 radical (unpaired) electrons. The number of carbonyl (C=O) groups excluding carboxylic acids is 1. The lowest BCUT2D eigenvalue weighted by Crippen LogP contribution is -2.41. The molecular weight excluding hydrogens is 171 g/mol. The third-order valence-electron chi connectivity index (χ3n) is 1.38. The molecule has 0 saturated carbocycles. The number of amides is 1. The zero-order valence-corrected chi connectivity index (χ0v) is 7.27. The maximum absolute atomic E-state index is 11.8. The number of nitrogens with zero attached hydrogens (tertiary/aromatic N) is 1. The monoisotopic (exact) mass is 183 g/mol. The zero-order valence-electron chi connectivity index (χ0n) is 7.27. The number of rotatable bonds is 2. The fourth-order valence-corrected chi connectivity index (χ4v) is 0.851. The van der Waals surface area contributed by atoms with E-state index in [0.29, 0.717) is 0 Å². The quantitative estimate of drug-likeness (QED) is 0.639. The Morgan fingerprint density at radius 1 is 1.42 bits per heavy atom. The van der Waals surface area contributed by atoms with Crippen LogP contribution in [0.3, 0.4) is 0 Å². The van der Waals surface area contributed by atoms with Crippen LogP contribution in [-0.2, 0) is 4.79 Å². The largest absolute Gasteiger partial charge is 0.406 e. The second kappa shape index (κ2) is 3.78. The molecule has 0 aliphatic heterocycles. The SMILES string of the molecule is CC(=O)N(CC(F)(F)F)C(C)C. The zero-order chi connectivity index (χ0) is 9.94. The highest BCUT2D eigenvalue weighted by Gasteiger charge is 2.32. The molecule has 0 aromatic carbocycles. The molecule has 0 rings (SSSR count). The molecule has 0 N–H and O–H groups in total. The average molecular weight is 183 g/mol. The molecule has 2 nitrogen and oxygen atoms in total. The van der Waals surface area contributed by atoms with Crippen LogP contribution in [-0.4, -0.2) is 29.6 Å². The van der Waals surface area contributed by atoms with E-state index in [4.69, 9.17) is 0 Å². The first-order valence-electron chi connectivity index (χ1n) is 3.58. The third kappa shape index (κ3) is 4.20. The molecule has 0 bridgehead atoms. The van der Waals surface area contributed by atoms with Gasteiger partial charge in [0.25, 0.3) is 0 Å². The molecule has 0 aliphatic carbocycles. The van der Waals surface area contributed by atoms with Crippen LogP contribution in [0.1, 0.15) is 20.8 Å². The van der Waals surface area contributed by atoms with Gasteiger partial charge in [-0.1, -0.05) is 0 Å². The molecule has 0 saturated heterocycles. The first-order chi connectivity index (χ1) is 5.24. The summed E-state index contributed by atoms with van der Waals surface area (Å²) in [4.78, 5) is 11.5. The smallest absolute Gasteiger partial charge is 0.331 e. The Bertz CT molecular complexity index is 165. The van der Waals surface area contributed by atoms with Crippen LogP contribution in [0, 0.1) is 0 Å². The van der Waals surface area contributed by atoms with Gasteiger partial charge in [0, 0.05) is 13.0 Å². The van der Waals surface area contributed by atoms with E-state index in [-0.39, 0.29) is 0 Å². The molecule has 0 aliphatic rings. The van der Waals surface area contributed by atoms with Gasteiger partial charge in [-0.3, -0.25) is 4.79 Å². The number of alkyl halides is 3. The topological polar surface area (TPSA) is 20.3 Å². The second-order valence-corrected chi connectivity index (χ2v) is 2.86. The summed E-state index contributed by atoms with van der Waals surface area (Å²) in [5.74, 6) is -0.553. The van der Waals surface area contributed by atoms with Gasteiger partial charge < -0.3 is 4.90 Å². The number of carbonyl (C=O) groups is 1. The van der Waals surface area contributed by atoms with Gasteiger partial charge in [-0.05, 0) is 13.8 Å². The molecule has 0 fully saturated rings. The molecule has 72 valence electrons. The van der Waals surface area contributed by atoms with E-state index in [0.717, 1.165) is 11.8 Å². The van der Waals surface area contributed by atoms with Crippen LogP contribution in [0.5, 0.6) is 0 Å². The Hall–Kier alpha value is -0.740. The molecule has 0 heterocycles. The van der Waals surface area contributed by atoms with Crippen LogP contribution < -0.4 is 0 Å². The summed E-state index contributed by atoms with van der Waals surface area (Å²) < 4.78 is 35.5. The summed E-state index contributed by atoms with van der Waals surface area (Å²) in [7, 11) is 0. The molecule has 5 heteroatoms. The van der Waals surface area contributed by atoms with Crippen LogP contribution in [0.2, 0.25) is 0 Å². The van der Waals surface area contributed by atoms with E-state index in [2.05, 4.69) is 0 Å². The Labute approximate surface area is 69.3 Å². The predicted octanol–water partition coefficient (Wildman–Crippen LogP) is 1.81. The van der Waals surface area contributed by atoms with Crippen molar-refractivity contribution in [2.24, 2.45) is 0 Å². The lowest BCUT2D eigenvalue weighted by molar-refractivity contribution is -0.163. The van der Waals surface area contributed by atoms with Gasteiger partial charge in [0.15, 0.2) is 0 Å². The fraction of sp³-hybridized carbons (Fsp3) is 0.857. The highest BCUT2D eigenvalue weighted by atomic mass is 19.4. The summed E-state index contributed by atoms with van der Waals surface area (Å²) in [6.45, 7) is 3.06. The predicted molar refractivity (Wildman–Crippen MR) is 38.6 cm³/mol. The number of halogens is 3. The van der Waals surface area contributed by atoms with Crippen molar-refractivity contribution in [1.29, 1.82) is 0 Å². The minimum absolute atomic E-state index is 0.413. The van der Waals surface area contributed by atoms with Crippen LogP contribution in [0.4, 0.5) is 13.2 Å². The van der Waals surface area contributed by atoms with Gasteiger partial charge in [0.1, 0.15) is 6.54 Å². The Kier molecular flexibility index (Phi) is 3.55.